The Bertz CT molecular complexity index is 553. The van der Waals surface area contributed by atoms with Crippen LogP contribution in [-0.4, -0.2) is 31.1 Å². The van der Waals surface area contributed by atoms with E-state index in [1.54, 1.807) is 0 Å². The highest BCUT2D eigenvalue weighted by molar-refractivity contribution is 6.65. The summed E-state index contributed by atoms with van der Waals surface area (Å²) in [5.41, 5.74) is 0. The fourth-order valence-electron chi connectivity index (χ4n) is 8.70. The molecule has 5 aliphatic rings. The topological polar surface area (TPSA) is 18.5 Å². The van der Waals surface area contributed by atoms with E-state index in [0.29, 0.717) is 30.2 Å². The second-order valence-electron chi connectivity index (χ2n) is 12.3. The number of hydrogen-bond acceptors (Lipinski definition) is 2. The minimum absolute atomic E-state index is 0.483. The van der Waals surface area contributed by atoms with E-state index < -0.39 is 0 Å². The number of hydrogen-bond donors (Lipinski definition) is 0. The molecule has 3 saturated carbocycles. The Morgan fingerprint density at radius 3 is 1.09 bits per heavy atom. The highest BCUT2D eigenvalue weighted by Gasteiger charge is 2.57. The third-order valence-electron chi connectivity index (χ3n) is 10.2. The third-order valence-corrected chi connectivity index (χ3v) is 10.2. The quantitative estimate of drug-likeness (QED) is 0.349. The molecule has 0 aromatic carbocycles. The monoisotopic (exact) mass is 442 g/mol. The first-order chi connectivity index (χ1) is 15.9. The molecule has 0 N–H and O–H groups in total. The van der Waals surface area contributed by atoms with Gasteiger partial charge in [0.05, 0.1) is 24.4 Å². The Kier molecular flexibility index (Phi) is 8.97. The lowest BCUT2D eigenvalue weighted by molar-refractivity contribution is -0.110. The molecule has 0 bridgehead atoms. The van der Waals surface area contributed by atoms with Crippen LogP contribution in [0.3, 0.4) is 0 Å². The van der Waals surface area contributed by atoms with E-state index in [0.717, 1.165) is 18.3 Å². The van der Waals surface area contributed by atoms with Crippen LogP contribution in [0.4, 0.5) is 0 Å². The maximum atomic E-state index is 7.19. The van der Waals surface area contributed by atoms with Crippen LogP contribution in [0, 0.1) is 0 Å². The van der Waals surface area contributed by atoms with Gasteiger partial charge in [-0.3, -0.25) is 0 Å². The van der Waals surface area contributed by atoms with Gasteiger partial charge in [-0.2, -0.15) is 0 Å². The van der Waals surface area contributed by atoms with Crippen LogP contribution in [0.2, 0.25) is 17.5 Å². The predicted octanol–water partition coefficient (Wildman–Crippen LogP) is 8.75. The summed E-state index contributed by atoms with van der Waals surface area (Å²) < 4.78 is 14.3. The van der Waals surface area contributed by atoms with E-state index in [1.807, 2.05) is 0 Å². The van der Waals surface area contributed by atoms with E-state index in [9.17, 15) is 0 Å². The normalized spacial score (nSPS) is 42.8. The van der Waals surface area contributed by atoms with Crippen LogP contribution < -0.4 is 0 Å². The SMILES string of the molecule is C1CCCCCC2OC3CCCCCC3B3C4CCCCCCCC4OC(CCCC1)C32. The van der Waals surface area contributed by atoms with Crippen molar-refractivity contribution in [2.75, 3.05) is 0 Å². The fraction of sp³-hybridized carbons (Fsp3) is 1.00. The Balaban J connectivity index is 1.45. The van der Waals surface area contributed by atoms with Crippen LogP contribution in [0.5, 0.6) is 0 Å². The van der Waals surface area contributed by atoms with Gasteiger partial charge in [-0.15, -0.1) is 0 Å². The molecule has 5 fully saturated rings. The Morgan fingerprint density at radius 1 is 0.344 bits per heavy atom. The lowest BCUT2D eigenvalue weighted by Gasteiger charge is -2.56. The van der Waals surface area contributed by atoms with Crippen molar-refractivity contribution in [3.63, 3.8) is 0 Å². The zero-order valence-corrected chi connectivity index (χ0v) is 21.0. The molecule has 7 unspecified atom stereocenters. The summed E-state index contributed by atoms with van der Waals surface area (Å²) in [6.45, 7) is 0.892. The summed E-state index contributed by atoms with van der Waals surface area (Å²) in [6.07, 6.45) is 33.1. The van der Waals surface area contributed by atoms with Gasteiger partial charge in [0, 0.05) is 0 Å². The summed E-state index contributed by atoms with van der Waals surface area (Å²) in [6, 6.07) is 0. The maximum absolute atomic E-state index is 7.19. The Morgan fingerprint density at radius 2 is 0.656 bits per heavy atom. The van der Waals surface area contributed by atoms with E-state index in [-0.39, 0.29) is 0 Å². The summed E-state index contributed by atoms with van der Waals surface area (Å²) in [4.78, 5) is 0. The average Bonchev–Trinajstić information content (AvgIpc) is 2.96. The summed E-state index contributed by atoms with van der Waals surface area (Å²) in [5.74, 6) is 2.34. The summed E-state index contributed by atoms with van der Waals surface area (Å²) in [5, 5.41) is 0. The highest BCUT2D eigenvalue weighted by Crippen LogP contribution is 2.56. The molecule has 3 heteroatoms. The summed E-state index contributed by atoms with van der Waals surface area (Å²) in [7, 11) is 0. The lowest BCUT2D eigenvalue weighted by atomic mass is 9.22. The zero-order chi connectivity index (χ0) is 21.6. The minimum atomic E-state index is 0.483. The molecule has 2 heterocycles. The number of ether oxygens (including phenoxy) is 2. The molecule has 0 amide bonds. The molecular weight excluding hydrogens is 391 g/mol. The molecule has 2 saturated heterocycles. The van der Waals surface area contributed by atoms with Gasteiger partial charge in [-0.1, -0.05) is 116 Å². The van der Waals surface area contributed by atoms with Crippen LogP contribution in [0.1, 0.15) is 141 Å². The second kappa shape index (κ2) is 12.1. The van der Waals surface area contributed by atoms with Crippen molar-refractivity contribution in [3.05, 3.63) is 0 Å². The molecule has 182 valence electrons. The Hall–Kier alpha value is -0.0151. The smallest absolute Gasteiger partial charge is 0.162 e. The van der Waals surface area contributed by atoms with Crippen LogP contribution in [-0.2, 0) is 9.47 Å². The zero-order valence-electron chi connectivity index (χ0n) is 21.0. The van der Waals surface area contributed by atoms with E-state index in [1.165, 1.54) is 141 Å². The number of rotatable bonds is 0. The van der Waals surface area contributed by atoms with Crippen LogP contribution >= 0.6 is 0 Å². The molecule has 0 aromatic rings. The molecule has 5 rings (SSSR count). The van der Waals surface area contributed by atoms with Gasteiger partial charge in [0.1, 0.15) is 0 Å². The van der Waals surface area contributed by atoms with Crippen molar-refractivity contribution in [2.45, 2.75) is 183 Å². The standard InChI is InChI=1S/C29H51BO2/c1-2-4-8-15-22-28-29-27(21-14-7-3-1)31-25-19-13-9-5-6-11-17-23(25)30(29)24-18-12-10-16-20-26(24)32-28/h23-29H,1-22H2. The van der Waals surface area contributed by atoms with E-state index >= 15 is 0 Å². The van der Waals surface area contributed by atoms with Gasteiger partial charge >= 0.3 is 0 Å². The van der Waals surface area contributed by atoms with Gasteiger partial charge < -0.3 is 9.47 Å². The fourth-order valence-corrected chi connectivity index (χ4v) is 8.70. The molecule has 0 spiro atoms. The largest absolute Gasteiger partial charge is 0.376 e. The maximum Gasteiger partial charge on any atom is 0.162 e. The predicted molar refractivity (Wildman–Crippen MR) is 136 cm³/mol. The van der Waals surface area contributed by atoms with Crippen molar-refractivity contribution in [1.82, 2.24) is 0 Å². The minimum Gasteiger partial charge on any atom is -0.376 e. The molecule has 2 aliphatic heterocycles. The van der Waals surface area contributed by atoms with Crippen molar-refractivity contribution < 1.29 is 9.47 Å². The molecule has 7 atom stereocenters. The van der Waals surface area contributed by atoms with Gasteiger partial charge in [0.25, 0.3) is 0 Å². The summed E-state index contributed by atoms with van der Waals surface area (Å²) >= 11 is 0. The average molecular weight is 443 g/mol. The van der Waals surface area contributed by atoms with Gasteiger partial charge in [0.15, 0.2) is 6.71 Å². The number of fused-ring (bicyclic) bond motifs is 4. The first-order valence-electron chi connectivity index (χ1n) is 15.2. The van der Waals surface area contributed by atoms with Gasteiger partial charge in [-0.25, -0.2) is 0 Å². The first kappa shape index (κ1) is 23.7. The Labute approximate surface area is 199 Å². The van der Waals surface area contributed by atoms with E-state index in [4.69, 9.17) is 9.47 Å². The molecule has 0 aromatic heterocycles. The second-order valence-corrected chi connectivity index (χ2v) is 12.3. The van der Waals surface area contributed by atoms with Gasteiger partial charge in [-0.05, 0) is 43.1 Å². The van der Waals surface area contributed by atoms with Crippen molar-refractivity contribution in [2.24, 2.45) is 0 Å². The molecule has 3 aliphatic carbocycles. The van der Waals surface area contributed by atoms with Crippen molar-refractivity contribution in [3.8, 4) is 0 Å². The first-order valence-corrected chi connectivity index (χ1v) is 15.2. The van der Waals surface area contributed by atoms with Crippen LogP contribution in [0.25, 0.3) is 0 Å². The lowest BCUT2D eigenvalue weighted by Crippen LogP contribution is -2.59. The van der Waals surface area contributed by atoms with E-state index in [2.05, 4.69) is 0 Å². The van der Waals surface area contributed by atoms with Crippen molar-refractivity contribution >= 4 is 6.71 Å². The van der Waals surface area contributed by atoms with Gasteiger partial charge in [0.2, 0.25) is 0 Å². The highest BCUT2D eigenvalue weighted by atomic mass is 16.5. The van der Waals surface area contributed by atoms with Crippen molar-refractivity contribution in [1.29, 1.82) is 0 Å². The molecular formula is C29H51BO2. The molecule has 0 radical (unpaired) electrons. The molecule has 32 heavy (non-hydrogen) atoms. The van der Waals surface area contributed by atoms with Crippen LogP contribution in [0.15, 0.2) is 0 Å². The third kappa shape index (κ3) is 5.61. The molecule has 2 nitrogen and oxygen atoms in total.